The second-order valence-electron chi connectivity index (χ2n) is 7.85. The molecule has 1 aromatic heterocycles. The lowest BCUT2D eigenvalue weighted by molar-refractivity contribution is -0.134. The van der Waals surface area contributed by atoms with E-state index >= 15 is 0 Å². The van der Waals surface area contributed by atoms with Crippen molar-refractivity contribution in [2.24, 2.45) is 5.73 Å². The number of carbonyl (C=O) groups is 1. The Balaban J connectivity index is 1.57. The Bertz CT molecular complexity index is 864. The van der Waals surface area contributed by atoms with Gasteiger partial charge in [0.2, 0.25) is 5.91 Å². The van der Waals surface area contributed by atoms with Gasteiger partial charge in [0.15, 0.2) is 0 Å². The molecule has 3 aliphatic rings. The van der Waals surface area contributed by atoms with Crippen LogP contribution < -0.4 is 11.1 Å². The Labute approximate surface area is 159 Å². The number of benzene rings is 1. The van der Waals surface area contributed by atoms with Gasteiger partial charge in [-0.3, -0.25) is 4.79 Å². The average molecular weight is 363 g/mol. The van der Waals surface area contributed by atoms with Crippen LogP contribution in [0.1, 0.15) is 61.1 Å². The van der Waals surface area contributed by atoms with Crippen LogP contribution in [0, 0.1) is 0 Å². The Hall–Kier alpha value is -2.47. The van der Waals surface area contributed by atoms with Crippen molar-refractivity contribution >= 4 is 17.4 Å². The molecular weight excluding hydrogens is 338 g/mol. The quantitative estimate of drug-likeness (QED) is 0.853. The van der Waals surface area contributed by atoms with E-state index in [-0.39, 0.29) is 18.0 Å². The zero-order valence-corrected chi connectivity index (χ0v) is 15.4. The number of carbonyl (C=O) groups excluding carboxylic acids is 1. The van der Waals surface area contributed by atoms with Crippen LogP contribution in [0.2, 0.25) is 0 Å². The molecule has 2 aliphatic heterocycles. The van der Waals surface area contributed by atoms with E-state index in [1.165, 1.54) is 12.8 Å². The van der Waals surface area contributed by atoms with Gasteiger partial charge < -0.3 is 16.0 Å². The molecule has 2 aromatic rings. The van der Waals surface area contributed by atoms with E-state index in [9.17, 15) is 4.79 Å². The van der Waals surface area contributed by atoms with Crippen molar-refractivity contribution in [1.82, 2.24) is 14.9 Å². The Morgan fingerprint density at radius 2 is 1.96 bits per heavy atom. The first kappa shape index (κ1) is 16.7. The molecule has 27 heavy (non-hydrogen) atoms. The highest BCUT2D eigenvalue weighted by Crippen LogP contribution is 2.48. The van der Waals surface area contributed by atoms with Crippen molar-refractivity contribution in [2.75, 3.05) is 11.9 Å². The van der Waals surface area contributed by atoms with E-state index in [1.807, 2.05) is 30.3 Å². The van der Waals surface area contributed by atoms with E-state index in [4.69, 9.17) is 15.7 Å². The van der Waals surface area contributed by atoms with Crippen LogP contribution in [0.25, 0.3) is 0 Å². The van der Waals surface area contributed by atoms with E-state index in [0.717, 1.165) is 47.8 Å². The number of hydrogen-bond donors (Lipinski definition) is 2. The number of fused-ring (bicyclic) bond motifs is 4. The molecule has 2 atom stereocenters. The fraction of sp³-hybridized carbons (Fsp3) is 0.476. The van der Waals surface area contributed by atoms with Gasteiger partial charge in [0.25, 0.3) is 0 Å². The van der Waals surface area contributed by atoms with Crippen LogP contribution in [0.4, 0.5) is 11.5 Å². The SMILES string of the molecule is NCCC(=O)N1[C@H]2CC[C@@H]1c1c(nc(C3CC3)nc1Nc1ccccc1)C2. The third kappa shape index (κ3) is 2.98. The molecule has 3 heterocycles. The van der Waals surface area contributed by atoms with Gasteiger partial charge >= 0.3 is 0 Å². The second kappa shape index (κ2) is 6.60. The lowest BCUT2D eigenvalue weighted by Gasteiger charge is -2.37. The van der Waals surface area contributed by atoms with E-state index in [0.29, 0.717) is 18.9 Å². The Morgan fingerprint density at radius 1 is 1.15 bits per heavy atom. The molecule has 1 saturated carbocycles. The monoisotopic (exact) mass is 363 g/mol. The van der Waals surface area contributed by atoms with Gasteiger partial charge in [-0.05, 0) is 37.8 Å². The van der Waals surface area contributed by atoms with E-state index in [1.54, 1.807) is 0 Å². The highest BCUT2D eigenvalue weighted by Gasteiger charge is 2.45. The predicted octanol–water partition coefficient (Wildman–Crippen LogP) is 3.03. The van der Waals surface area contributed by atoms with Crippen LogP contribution in [-0.2, 0) is 11.2 Å². The Kier molecular flexibility index (Phi) is 4.08. The lowest BCUT2D eigenvalue weighted by Crippen LogP contribution is -2.43. The van der Waals surface area contributed by atoms with Gasteiger partial charge in [-0.1, -0.05) is 18.2 Å². The minimum Gasteiger partial charge on any atom is -0.340 e. The fourth-order valence-corrected chi connectivity index (χ4v) is 4.54. The molecule has 0 spiro atoms. The first-order chi connectivity index (χ1) is 13.2. The number of amides is 1. The second-order valence-corrected chi connectivity index (χ2v) is 7.85. The molecule has 1 saturated heterocycles. The number of nitrogens with one attached hydrogen (secondary N) is 1. The van der Waals surface area contributed by atoms with Crippen LogP contribution in [0.3, 0.4) is 0 Å². The van der Waals surface area contributed by atoms with Gasteiger partial charge in [-0.2, -0.15) is 0 Å². The molecule has 5 rings (SSSR count). The molecule has 3 N–H and O–H groups in total. The molecule has 6 nitrogen and oxygen atoms in total. The average Bonchev–Trinajstić information content (AvgIpc) is 3.47. The van der Waals surface area contributed by atoms with Crippen LogP contribution in [0.15, 0.2) is 30.3 Å². The van der Waals surface area contributed by atoms with Gasteiger partial charge in [-0.15, -0.1) is 0 Å². The highest BCUT2D eigenvalue weighted by atomic mass is 16.2. The normalized spacial score (nSPS) is 23.2. The summed E-state index contributed by atoms with van der Waals surface area (Å²) >= 11 is 0. The lowest BCUT2D eigenvalue weighted by atomic mass is 9.97. The first-order valence-corrected chi connectivity index (χ1v) is 9.98. The molecular formula is C21H25N5O. The maximum absolute atomic E-state index is 12.7. The highest BCUT2D eigenvalue weighted by molar-refractivity contribution is 5.79. The van der Waals surface area contributed by atoms with Gasteiger partial charge in [0.05, 0.1) is 11.7 Å². The van der Waals surface area contributed by atoms with Gasteiger partial charge in [0, 0.05) is 42.6 Å². The summed E-state index contributed by atoms with van der Waals surface area (Å²) in [5.74, 6) is 2.51. The zero-order chi connectivity index (χ0) is 18.4. The van der Waals surface area contributed by atoms with Crippen LogP contribution in [-0.4, -0.2) is 33.4 Å². The van der Waals surface area contributed by atoms with Crippen molar-refractivity contribution in [1.29, 1.82) is 0 Å². The zero-order valence-electron chi connectivity index (χ0n) is 15.4. The molecule has 2 fully saturated rings. The van der Waals surface area contributed by atoms with Gasteiger partial charge in [-0.25, -0.2) is 9.97 Å². The maximum Gasteiger partial charge on any atom is 0.224 e. The fourth-order valence-electron chi connectivity index (χ4n) is 4.54. The van der Waals surface area contributed by atoms with Crippen molar-refractivity contribution in [3.8, 4) is 0 Å². The molecule has 1 aliphatic carbocycles. The topological polar surface area (TPSA) is 84.1 Å². The number of anilines is 2. The standard InChI is InChI=1S/C21H25N5O/c22-11-10-18(27)26-15-8-9-17(26)19-16(12-15)24-20(13-6-7-13)25-21(19)23-14-4-2-1-3-5-14/h1-5,13,15,17H,6-12,22H2,(H,23,24,25)/t15-,17+/m0/s1. The summed E-state index contributed by atoms with van der Waals surface area (Å²) in [5, 5.41) is 3.52. The number of aromatic nitrogens is 2. The maximum atomic E-state index is 12.7. The van der Waals surface area contributed by atoms with Crippen LogP contribution >= 0.6 is 0 Å². The van der Waals surface area contributed by atoms with E-state index < -0.39 is 0 Å². The number of nitrogens with two attached hydrogens (primary N) is 1. The van der Waals surface area contributed by atoms with E-state index in [2.05, 4.69) is 10.2 Å². The predicted molar refractivity (Wildman–Crippen MR) is 104 cm³/mol. The summed E-state index contributed by atoms with van der Waals surface area (Å²) in [6, 6.07) is 10.4. The third-order valence-corrected chi connectivity index (χ3v) is 5.93. The minimum atomic E-state index is 0.0669. The smallest absolute Gasteiger partial charge is 0.224 e. The number of nitrogens with zero attached hydrogens (tertiary/aromatic N) is 3. The molecule has 0 radical (unpaired) electrons. The molecule has 6 heteroatoms. The number of para-hydroxylation sites is 1. The minimum absolute atomic E-state index is 0.0669. The third-order valence-electron chi connectivity index (χ3n) is 5.93. The molecule has 1 aromatic carbocycles. The summed E-state index contributed by atoms with van der Waals surface area (Å²) in [6.45, 7) is 0.397. The largest absolute Gasteiger partial charge is 0.340 e. The number of hydrogen-bond acceptors (Lipinski definition) is 5. The summed E-state index contributed by atoms with van der Waals surface area (Å²) in [5.41, 5.74) is 8.91. The molecule has 140 valence electrons. The summed E-state index contributed by atoms with van der Waals surface area (Å²) in [4.78, 5) is 24.6. The van der Waals surface area contributed by atoms with Crippen molar-refractivity contribution in [3.63, 3.8) is 0 Å². The van der Waals surface area contributed by atoms with Crippen LogP contribution in [0.5, 0.6) is 0 Å². The molecule has 1 amide bonds. The summed E-state index contributed by atoms with van der Waals surface area (Å²) < 4.78 is 0. The summed E-state index contributed by atoms with van der Waals surface area (Å²) in [6.07, 6.45) is 5.60. The van der Waals surface area contributed by atoms with Crippen molar-refractivity contribution in [2.45, 2.75) is 56.5 Å². The first-order valence-electron chi connectivity index (χ1n) is 9.98. The van der Waals surface area contributed by atoms with Crippen molar-refractivity contribution in [3.05, 3.63) is 47.4 Å². The number of rotatable bonds is 5. The van der Waals surface area contributed by atoms with Crippen molar-refractivity contribution < 1.29 is 4.79 Å². The summed E-state index contributed by atoms with van der Waals surface area (Å²) in [7, 11) is 0. The van der Waals surface area contributed by atoms with Gasteiger partial charge in [0.1, 0.15) is 11.6 Å². The molecule has 0 unspecified atom stereocenters. The molecule has 2 bridgehead atoms. The Morgan fingerprint density at radius 3 is 2.70 bits per heavy atom.